The van der Waals surface area contributed by atoms with E-state index in [2.05, 4.69) is 29.2 Å². The van der Waals surface area contributed by atoms with Gasteiger partial charge in [-0.25, -0.2) is 4.79 Å². The van der Waals surface area contributed by atoms with Crippen molar-refractivity contribution in [1.29, 1.82) is 0 Å². The highest BCUT2D eigenvalue weighted by Crippen LogP contribution is 2.20. The van der Waals surface area contributed by atoms with Gasteiger partial charge in [-0.15, -0.1) is 0 Å². The summed E-state index contributed by atoms with van der Waals surface area (Å²) < 4.78 is 0. The quantitative estimate of drug-likeness (QED) is 0.903. The minimum absolute atomic E-state index is 0.0908. The number of rotatable bonds is 3. The topological polar surface area (TPSA) is 69.9 Å². The molecule has 130 valence electrons. The zero-order valence-corrected chi connectivity index (χ0v) is 14.1. The van der Waals surface area contributed by atoms with Crippen molar-refractivity contribution in [3.8, 4) is 0 Å². The summed E-state index contributed by atoms with van der Waals surface area (Å²) >= 11 is 0. The largest absolute Gasteiger partial charge is 0.351 e. The van der Waals surface area contributed by atoms with Crippen molar-refractivity contribution in [2.45, 2.75) is 19.4 Å². The van der Waals surface area contributed by atoms with Crippen molar-refractivity contribution in [2.24, 2.45) is 11.7 Å². The highest BCUT2D eigenvalue weighted by Gasteiger charge is 2.31. The summed E-state index contributed by atoms with van der Waals surface area (Å²) in [7, 11) is 0. The molecule has 0 spiro atoms. The van der Waals surface area contributed by atoms with Crippen LogP contribution < -0.4 is 5.73 Å². The first kappa shape index (κ1) is 16.8. The van der Waals surface area contributed by atoms with Crippen molar-refractivity contribution in [3.63, 3.8) is 0 Å². The Balaban J connectivity index is 1.49. The Morgan fingerprint density at radius 3 is 2.38 bits per heavy atom. The molecular weight excluding hydrogens is 304 g/mol. The van der Waals surface area contributed by atoms with Gasteiger partial charge >= 0.3 is 6.03 Å². The smallest absolute Gasteiger partial charge is 0.314 e. The van der Waals surface area contributed by atoms with Gasteiger partial charge in [-0.05, 0) is 18.4 Å². The number of hydrogen-bond acceptors (Lipinski definition) is 3. The SMILES string of the molecule is NC(=O)N1CCC[C@@H](C(=O)N2CCN(Cc3ccccc3)CC2)C1. The predicted molar refractivity (Wildman–Crippen MR) is 92.2 cm³/mol. The first-order valence-electron chi connectivity index (χ1n) is 8.73. The van der Waals surface area contributed by atoms with Crippen molar-refractivity contribution in [3.05, 3.63) is 35.9 Å². The lowest BCUT2D eigenvalue weighted by molar-refractivity contribution is -0.138. The Labute approximate surface area is 143 Å². The molecule has 2 saturated heterocycles. The molecule has 0 radical (unpaired) electrons. The molecular formula is C18H26N4O2. The highest BCUT2D eigenvalue weighted by molar-refractivity contribution is 5.80. The Hall–Kier alpha value is -2.08. The first-order valence-corrected chi connectivity index (χ1v) is 8.73. The molecule has 0 bridgehead atoms. The van der Waals surface area contributed by atoms with Gasteiger partial charge in [-0.3, -0.25) is 9.69 Å². The third-order valence-corrected chi connectivity index (χ3v) is 5.02. The number of urea groups is 1. The van der Waals surface area contributed by atoms with Gasteiger partial charge in [0, 0.05) is 45.8 Å². The van der Waals surface area contributed by atoms with Crippen LogP contribution in [0.2, 0.25) is 0 Å². The monoisotopic (exact) mass is 330 g/mol. The summed E-state index contributed by atoms with van der Waals surface area (Å²) in [6, 6.07) is 10.0. The molecule has 6 nitrogen and oxygen atoms in total. The van der Waals surface area contributed by atoms with Gasteiger partial charge in [-0.1, -0.05) is 30.3 Å². The third-order valence-electron chi connectivity index (χ3n) is 5.02. The molecule has 2 aliphatic heterocycles. The van der Waals surface area contributed by atoms with Crippen molar-refractivity contribution in [1.82, 2.24) is 14.7 Å². The maximum atomic E-state index is 12.7. The van der Waals surface area contributed by atoms with Gasteiger partial charge in [0.05, 0.1) is 5.92 Å². The molecule has 1 aromatic rings. The van der Waals surface area contributed by atoms with Crippen LogP contribution in [-0.4, -0.2) is 65.9 Å². The molecule has 2 aliphatic rings. The Kier molecular flexibility index (Phi) is 5.35. The van der Waals surface area contributed by atoms with Gasteiger partial charge in [0.15, 0.2) is 0 Å². The second-order valence-electron chi connectivity index (χ2n) is 6.71. The molecule has 6 heteroatoms. The summed E-state index contributed by atoms with van der Waals surface area (Å²) in [6.07, 6.45) is 1.71. The fraction of sp³-hybridized carbons (Fsp3) is 0.556. The number of piperidine rings is 1. The van der Waals surface area contributed by atoms with Crippen LogP contribution in [0.15, 0.2) is 30.3 Å². The highest BCUT2D eigenvalue weighted by atomic mass is 16.2. The maximum Gasteiger partial charge on any atom is 0.314 e. The molecule has 0 saturated carbocycles. The average Bonchev–Trinajstić information content (AvgIpc) is 2.63. The lowest BCUT2D eigenvalue weighted by Crippen LogP contribution is -2.53. The molecule has 24 heavy (non-hydrogen) atoms. The molecule has 3 amide bonds. The molecule has 2 N–H and O–H groups in total. The lowest BCUT2D eigenvalue weighted by atomic mass is 9.96. The van der Waals surface area contributed by atoms with Crippen LogP contribution in [0.4, 0.5) is 4.79 Å². The van der Waals surface area contributed by atoms with E-state index in [1.165, 1.54) is 5.56 Å². The van der Waals surface area contributed by atoms with Gasteiger partial charge in [-0.2, -0.15) is 0 Å². The van der Waals surface area contributed by atoms with Crippen LogP contribution in [0.25, 0.3) is 0 Å². The van der Waals surface area contributed by atoms with E-state index in [-0.39, 0.29) is 11.8 Å². The number of nitrogens with two attached hydrogens (primary N) is 1. The van der Waals surface area contributed by atoms with Crippen LogP contribution in [0.1, 0.15) is 18.4 Å². The van der Waals surface area contributed by atoms with E-state index < -0.39 is 6.03 Å². The van der Waals surface area contributed by atoms with Crippen LogP contribution in [0.3, 0.4) is 0 Å². The van der Waals surface area contributed by atoms with Gasteiger partial charge < -0.3 is 15.5 Å². The van der Waals surface area contributed by atoms with Gasteiger partial charge in [0.25, 0.3) is 0 Å². The number of piperazine rings is 1. The number of carbonyl (C=O) groups excluding carboxylic acids is 2. The van der Waals surface area contributed by atoms with Gasteiger partial charge in [0.1, 0.15) is 0 Å². The van der Waals surface area contributed by atoms with Crippen LogP contribution in [-0.2, 0) is 11.3 Å². The zero-order valence-electron chi connectivity index (χ0n) is 14.1. The molecule has 0 aliphatic carbocycles. The van der Waals surface area contributed by atoms with Crippen molar-refractivity contribution >= 4 is 11.9 Å². The predicted octanol–water partition coefficient (Wildman–Crippen LogP) is 1.12. The first-order chi connectivity index (χ1) is 11.6. The van der Waals surface area contributed by atoms with E-state index in [1.54, 1.807) is 4.90 Å². The van der Waals surface area contributed by atoms with E-state index in [0.29, 0.717) is 13.1 Å². The van der Waals surface area contributed by atoms with Crippen molar-refractivity contribution in [2.75, 3.05) is 39.3 Å². The average molecular weight is 330 g/mol. The summed E-state index contributed by atoms with van der Waals surface area (Å²) in [5.74, 6) is 0.0900. The number of carbonyl (C=O) groups is 2. The number of likely N-dealkylation sites (tertiary alicyclic amines) is 1. The van der Waals surface area contributed by atoms with Crippen LogP contribution in [0, 0.1) is 5.92 Å². The minimum atomic E-state index is -0.416. The van der Waals surface area contributed by atoms with E-state index in [0.717, 1.165) is 45.6 Å². The normalized spacial score (nSPS) is 22.4. The summed E-state index contributed by atoms with van der Waals surface area (Å²) in [6.45, 7) is 5.39. The fourth-order valence-electron chi connectivity index (χ4n) is 3.61. The van der Waals surface area contributed by atoms with E-state index in [9.17, 15) is 9.59 Å². The van der Waals surface area contributed by atoms with E-state index in [1.807, 2.05) is 11.0 Å². The van der Waals surface area contributed by atoms with Crippen molar-refractivity contribution < 1.29 is 9.59 Å². The summed E-state index contributed by atoms with van der Waals surface area (Å²) in [5, 5.41) is 0. The fourth-order valence-corrected chi connectivity index (χ4v) is 3.61. The third kappa shape index (κ3) is 4.06. The lowest BCUT2D eigenvalue weighted by Gasteiger charge is -2.38. The minimum Gasteiger partial charge on any atom is -0.351 e. The number of nitrogens with zero attached hydrogens (tertiary/aromatic N) is 3. The Bertz CT molecular complexity index is 570. The van der Waals surface area contributed by atoms with Crippen LogP contribution >= 0.6 is 0 Å². The molecule has 2 fully saturated rings. The van der Waals surface area contributed by atoms with E-state index >= 15 is 0 Å². The molecule has 1 aromatic carbocycles. The standard InChI is InChI=1S/C18H26N4O2/c19-18(24)22-8-4-7-16(14-22)17(23)21-11-9-20(10-12-21)13-15-5-2-1-3-6-15/h1-3,5-6,16H,4,7-14H2,(H2,19,24)/t16-/m1/s1. The molecule has 1 atom stereocenters. The zero-order chi connectivity index (χ0) is 16.9. The number of hydrogen-bond donors (Lipinski definition) is 1. The summed E-state index contributed by atoms with van der Waals surface area (Å²) in [4.78, 5) is 30.0. The maximum absolute atomic E-state index is 12.7. The second kappa shape index (κ2) is 7.66. The van der Waals surface area contributed by atoms with E-state index in [4.69, 9.17) is 5.73 Å². The Morgan fingerprint density at radius 1 is 1.00 bits per heavy atom. The number of benzene rings is 1. The van der Waals surface area contributed by atoms with Gasteiger partial charge in [0.2, 0.25) is 5.91 Å². The van der Waals surface area contributed by atoms with Crippen LogP contribution in [0.5, 0.6) is 0 Å². The Morgan fingerprint density at radius 2 is 1.71 bits per heavy atom. The number of primary amides is 1. The summed E-state index contributed by atoms with van der Waals surface area (Å²) in [5.41, 5.74) is 6.66. The molecule has 2 heterocycles. The number of amides is 3. The second-order valence-corrected chi connectivity index (χ2v) is 6.71. The molecule has 0 unspecified atom stereocenters. The molecule has 0 aromatic heterocycles. The molecule has 3 rings (SSSR count).